The number of rotatable bonds is 0. The van der Waals surface area contributed by atoms with E-state index in [1.54, 1.807) is 34.6 Å². The van der Waals surface area contributed by atoms with E-state index < -0.39 is 114 Å². The Kier molecular flexibility index (Phi) is 30.0. The Morgan fingerprint density at radius 3 is 0.852 bits per heavy atom. The number of alkyl halides is 22. The quantitative estimate of drug-likeness (QED) is 0.212. The first-order chi connectivity index (χ1) is 40.1. The zero-order valence-electron chi connectivity index (χ0n) is 57.7. The van der Waals surface area contributed by atoms with Crippen LogP contribution in [0.4, 0.5) is 96.6 Å². The molecule has 8 fully saturated rings. The Morgan fingerprint density at radius 2 is 0.659 bits per heavy atom. The highest BCUT2D eigenvalue weighted by Gasteiger charge is 2.88. The van der Waals surface area contributed by atoms with Gasteiger partial charge in [0.15, 0.2) is 0 Å². The van der Waals surface area contributed by atoms with Crippen LogP contribution in [0.3, 0.4) is 0 Å². The summed E-state index contributed by atoms with van der Waals surface area (Å²) in [4.78, 5) is 0. The van der Waals surface area contributed by atoms with Gasteiger partial charge in [0.1, 0.15) is 18.5 Å². The van der Waals surface area contributed by atoms with Gasteiger partial charge in [0.2, 0.25) is 5.67 Å². The summed E-state index contributed by atoms with van der Waals surface area (Å²) in [5, 5.41) is 0. The molecule has 25 atom stereocenters. The topological polar surface area (TPSA) is 0 Å². The van der Waals surface area contributed by atoms with Crippen LogP contribution in [0.1, 0.15) is 218 Å². The molecule has 0 aliphatic heterocycles. The molecule has 0 aromatic heterocycles. The molecule has 528 valence electrons. The summed E-state index contributed by atoms with van der Waals surface area (Å²) in [5.74, 6) is -21.8. The highest BCUT2D eigenvalue weighted by Crippen LogP contribution is 2.65. The van der Waals surface area contributed by atoms with Gasteiger partial charge in [-0.05, 0) is 127 Å². The molecule has 8 saturated carbocycles. The lowest BCUT2D eigenvalue weighted by molar-refractivity contribution is -0.248. The summed E-state index contributed by atoms with van der Waals surface area (Å²) in [5.41, 5.74) is -4.52. The zero-order valence-corrected chi connectivity index (χ0v) is 55.7. The molecule has 0 N–H and O–H groups in total. The first-order valence-corrected chi connectivity index (χ1v) is 32.1. The third-order valence-electron chi connectivity index (χ3n) is 23.0. The largest absolute Gasteiger partial charge is 0.392 e. The smallest absolute Gasteiger partial charge is 0.247 e. The summed E-state index contributed by atoms with van der Waals surface area (Å²) in [6.45, 7) is 34.1. The molecule has 22 heteroatoms. The van der Waals surface area contributed by atoms with E-state index in [0.29, 0.717) is 31.1 Å². The van der Waals surface area contributed by atoms with Gasteiger partial charge >= 0.3 is 36.6 Å². The van der Waals surface area contributed by atoms with E-state index in [1.165, 1.54) is 46.5 Å². The average molecular weight is 1320 g/mol. The van der Waals surface area contributed by atoms with Gasteiger partial charge in [0, 0.05) is 14.6 Å². The number of hydrogen-bond acceptors (Lipinski definition) is 0. The summed E-state index contributed by atoms with van der Waals surface area (Å²) < 4.78 is 292. The highest BCUT2D eigenvalue weighted by molar-refractivity contribution is 5.19. The van der Waals surface area contributed by atoms with Gasteiger partial charge in [-0.15, -0.1) is 0 Å². The van der Waals surface area contributed by atoms with Gasteiger partial charge in [-0.25, -0.2) is 26.3 Å². The van der Waals surface area contributed by atoms with E-state index in [4.69, 9.17) is 2.74 Å². The van der Waals surface area contributed by atoms with Crippen LogP contribution in [0.15, 0.2) is 0 Å². The van der Waals surface area contributed by atoms with Crippen molar-refractivity contribution < 1.29 is 99.3 Å². The first kappa shape index (κ1) is 80.7. The van der Waals surface area contributed by atoms with Gasteiger partial charge in [0.05, 0.1) is 29.6 Å². The van der Waals surface area contributed by atoms with E-state index in [-0.39, 0.29) is 79.4 Å². The number of hydrogen-bond donors (Lipinski definition) is 0. The SMILES string of the molecule is CC1C(C)[C@H](C)C(C)C1C(F)(F)F.CC1C(F)C(F)[C@@H](C)C1F.CC1CCC(C)C1C.CC1CCCC(C(F)(F)F)[C@@H]1C.CC1C[C@H](C)CC1C(F)(F)F.C[C@H]1C(F)(F)C(C)(F)C(F)(F)C1(F)F.[2H]C1(C)C(C)CCC1C.[2H][C@@]1(C)C(C)CCCC1C(F)(F)F. The molecule has 0 spiro atoms. The van der Waals surface area contributed by atoms with Gasteiger partial charge in [-0.2, -0.15) is 70.2 Å². The molecule has 8 aliphatic carbocycles. The van der Waals surface area contributed by atoms with Crippen molar-refractivity contribution in [1.82, 2.24) is 0 Å². The van der Waals surface area contributed by atoms with E-state index in [9.17, 15) is 96.6 Å². The molecule has 88 heavy (non-hydrogen) atoms. The van der Waals surface area contributed by atoms with E-state index in [1.807, 2.05) is 27.7 Å². The zero-order chi connectivity index (χ0) is 71.3. The Labute approximate surface area is 516 Å². The molecule has 0 radical (unpaired) electrons. The normalized spacial score (nSPS) is 46.2. The second kappa shape index (κ2) is 32.7. The van der Waals surface area contributed by atoms with Crippen molar-refractivity contribution in [3.05, 3.63) is 0 Å². The van der Waals surface area contributed by atoms with Crippen LogP contribution in [0.2, 0.25) is 0 Å². The molecule has 0 bridgehead atoms. The number of halogens is 22. The molecule has 0 amide bonds. The second-order valence-electron chi connectivity index (χ2n) is 28.9. The van der Waals surface area contributed by atoms with Gasteiger partial charge < -0.3 is 0 Å². The van der Waals surface area contributed by atoms with E-state index in [0.717, 1.165) is 43.4 Å². The molecule has 0 aromatic carbocycles. The predicted octanol–water partition coefficient (Wildman–Crippen LogP) is 25.1. The lowest BCUT2D eigenvalue weighted by Gasteiger charge is -2.35. The predicted molar refractivity (Wildman–Crippen MR) is 307 cm³/mol. The lowest BCUT2D eigenvalue weighted by atomic mass is 9.73. The maximum Gasteiger partial charge on any atom is 0.392 e. The molecule has 0 saturated heterocycles. The van der Waals surface area contributed by atoms with Crippen molar-refractivity contribution in [1.29, 1.82) is 0 Å². The van der Waals surface area contributed by atoms with Crippen LogP contribution in [-0.2, 0) is 0 Å². The second-order valence-corrected chi connectivity index (χ2v) is 28.9. The summed E-state index contributed by atoms with van der Waals surface area (Å²) >= 11 is 0. The van der Waals surface area contributed by atoms with Crippen molar-refractivity contribution in [2.75, 3.05) is 0 Å². The van der Waals surface area contributed by atoms with Gasteiger partial charge in [-0.1, -0.05) is 183 Å². The molecule has 19 unspecified atom stereocenters. The van der Waals surface area contributed by atoms with Crippen LogP contribution >= 0.6 is 0 Å². The first-order valence-electron chi connectivity index (χ1n) is 33.1. The van der Waals surface area contributed by atoms with Gasteiger partial charge in [-0.3, -0.25) is 0 Å². The van der Waals surface area contributed by atoms with Crippen molar-refractivity contribution in [3.63, 3.8) is 0 Å². The fourth-order valence-corrected chi connectivity index (χ4v) is 14.5. The van der Waals surface area contributed by atoms with Crippen molar-refractivity contribution in [2.45, 2.75) is 282 Å². The van der Waals surface area contributed by atoms with E-state index in [2.05, 4.69) is 41.5 Å². The minimum absolute atomic E-state index is 0.119. The van der Waals surface area contributed by atoms with Crippen LogP contribution in [-0.4, -0.2) is 66.7 Å². The van der Waals surface area contributed by atoms with Crippen molar-refractivity contribution in [2.24, 2.45) is 136 Å². The van der Waals surface area contributed by atoms with Crippen LogP contribution in [0.5, 0.6) is 0 Å². The fraction of sp³-hybridized carbons (Fsp3) is 1.00. The standard InChI is InChI=1S/C10H17F3.2C9H15F3.C8H13F3.2C8H16.C7H7F7.C7H11F3/c1-5-6(2)8(4)9(7(5)3)10(11,12)13;2*1-6-4-3-5-8(7(6)2)9(10,11)12;1-5-3-6(2)7(4-5)8(9,10)11;2*1-6-4-5-7(2)8(6)3;1-3-5(9,10)4(2,8)7(13,14)6(3,11)12;1-3-5(8)4(2)7(10)6(3)9/h5-9H,1-4H3;2*6-8H,3-5H2,1-2H3;5-7H,3-4H2,1-2H3;2*6-8H,4-5H2,1-3H3;3H,1-2H3;3-7H,1-2H3/t5-,6?,7?,8?,9?;2*6?,7-,8?;5-,6?,7?;;;3-,4?;3-,4?,5?,6?,7?/m0110..00/s1/i;7D;;;8D;;;. The summed E-state index contributed by atoms with van der Waals surface area (Å²) in [6.07, 6.45) is -10.7. The molecular formula is C66H110F22. The fourth-order valence-electron chi connectivity index (χ4n) is 14.5. The lowest BCUT2D eigenvalue weighted by Crippen LogP contribution is -2.52. The highest BCUT2D eigenvalue weighted by atomic mass is 19.4. The Morgan fingerprint density at radius 1 is 0.318 bits per heavy atom. The van der Waals surface area contributed by atoms with Crippen LogP contribution < -0.4 is 0 Å². The maximum absolute atomic E-state index is 12.9. The summed E-state index contributed by atoms with van der Waals surface area (Å²) in [6, 6.07) is 0. The monoisotopic (exact) mass is 1320 g/mol. The van der Waals surface area contributed by atoms with E-state index >= 15 is 0 Å². The Hall–Kier alpha value is -1.54. The third kappa shape index (κ3) is 21.0. The molecular weight excluding hydrogens is 1210 g/mol. The summed E-state index contributed by atoms with van der Waals surface area (Å²) in [7, 11) is 0. The molecule has 0 nitrogen and oxygen atoms in total. The molecule has 8 rings (SSSR count). The minimum Gasteiger partial charge on any atom is -0.247 e. The molecule has 0 aromatic rings. The van der Waals surface area contributed by atoms with Gasteiger partial charge in [0.25, 0.3) is 5.92 Å². The molecule has 0 heterocycles. The average Bonchev–Trinajstić information content (AvgIpc) is 1.53. The van der Waals surface area contributed by atoms with Crippen LogP contribution in [0.25, 0.3) is 0 Å². The third-order valence-corrected chi connectivity index (χ3v) is 23.0. The molecule has 8 aliphatic rings. The minimum atomic E-state index is -5.36. The van der Waals surface area contributed by atoms with Crippen LogP contribution in [0, 0.1) is 136 Å². The maximum atomic E-state index is 12.9. The Bertz CT molecular complexity index is 1970. The van der Waals surface area contributed by atoms with Crippen molar-refractivity contribution in [3.8, 4) is 0 Å². The Balaban J connectivity index is 0.000000517. The van der Waals surface area contributed by atoms with Crippen molar-refractivity contribution >= 4 is 0 Å².